The summed E-state index contributed by atoms with van der Waals surface area (Å²) in [6.45, 7) is 6.12. The predicted octanol–water partition coefficient (Wildman–Crippen LogP) is 5.81. The lowest BCUT2D eigenvalue weighted by molar-refractivity contribution is -0.130. The topological polar surface area (TPSA) is 61.9 Å². The van der Waals surface area contributed by atoms with Crippen LogP contribution < -0.4 is 10.1 Å². The van der Waals surface area contributed by atoms with Crippen molar-refractivity contribution in [2.45, 2.75) is 71.3 Å². The predicted molar refractivity (Wildman–Crippen MR) is 149 cm³/mol. The van der Waals surface area contributed by atoms with Gasteiger partial charge in [-0.3, -0.25) is 14.5 Å². The Morgan fingerprint density at radius 2 is 1.67 bits per heavy atom. The number of nitrogens with zero attached hydrogens (tertiary/aromatic N) is 2. The van der Waals surface area contributed by atoms with E-state index in [0.29, 0.717) is 30.5 Å². The number of ether oxygens (including phenoxy) is 1. The zero-order chi connectivity index (χ0) is 25.8. The number of carbonyl (C=O) groups is 2. The van der Waals surface area contributed by atoms with Crippen LogP contribution in [0.25, 0.3) is 0 Å². The summed E-state index contributed by atoms with van der Waals surface area (Å²) in [4.78, 5) is 30.0. The van der Waals surface area contributed by atoms with Gasteiger partial charge in [-0.15, -0.1) is 0 Å². The van der Waals surface area contributed by atoms with Gasteiger partial charge in [-0.05, 0) is 61.3 Å². The van der Waals surface area contributed by atoms with E-state index in [9.17, 15) is 9.59 Å². The number of anilines is 1. The second-order valence-electron chi connectivity index (χ2n) is 9.26. The highest BCUT2D eigenvalue weighted by Gasteiger charge is 2.42. The molecule has 1 aliphatic heterocycles. The number of benzene rings is 2. The van der Waals surface area contributed by atoms with Crippen LogP contribution >= 0.6 is 12.2 Å². The van der Waals surface area contributed by atoms with Crippen molar-refractivity contribution in [3.8, 4) is 5.75 Å². The molecule has 1 atom stereocenters. The van der Waals surface area contributed by atoms with Crippen LogP contribution in [0.2, 0.25) is 0 Å². The Hall–Kier alpha value is -2.93. The molecule has 2 aromatic rings. The Morgan fingerprint density at radius 3 is 2.36 bits per heavy atom. The maximum absolute atomic E-state index is 13.4. The fraction of sp³-hybridized carbons (Fsp3) is 0.483. The minimum absolute atomic E-state index is 0.0733. The van der Waals surface area contributed by atoms with E-state index in [1.807, 2.05) is 47.4 Å². The van der Waals surface area contributed by atoms with E-state index in [2.05, 4.69) is 31.3 Å². The molecule has 0 aromatic heterocycles. The highest BCUT2D eigenvalue weighted by Crippen LogP contribution is 2.24. The van der Waals surface area contributed by atoms with Crippen LogP contribution in [0.15, 0.2) is 54.6 Å². The lowest BCUT2D eigenvalue weighted by Gasteiger charge is -2.24. The summed E-state index contributed by atoms with van der Waals surface area (Å²) in [5.74, 6) is 0.497. The molecule has 0 spiro atoms. The van der Waals surface area contributed by atoms with Crippen LogP contribution in [0.1, 0.15) is 64.4 Å². The molecule has 1 unspecified atom stereocenters. The Labute approximate surface area is 221 Å². The molecule has 2 aromatic carbocycles. The van der Waals surface area contributed by atoms with Crippen molar-refractivity contribution >= 4 is 34.8 Å². The van der Waals surface area contributed by atoms with Crippen molar-refractivity contribution in [2.75, 3.05) is 25.0 Å². The van der Waals surface area contributed by atoms with E-state index < -0.39 is 6.04 Å². The van der Waals surface area contributed by atoms with Crippen LogP contribution in [0.5, 0.6) is 5.75 Å². The molecule has 1 fully saturated rings. The number of nitrogens with one attached hydrogen (secondary N) is 1. The Balaban J connectivity index is 1.63. The van der Waals surface area contributed by atoms with Crippen molar-refractivity contribution in [3.05, 3.63) is 60.2 Å². The third-order valence-electron chi connectivity index (χ3n) is 6.36. The first-order valence-electron chi connectivity index (χ1n) is 13.2. The molecule has 194 valence electrons. The molecule has 0 saturated carbocycles. The first kappa shape index (κ1) is 27.7. The lowest BCUT2D eigenvalue weighted by atomic mass is 10.1. The summed E-state index contributed by atoms with van der Waals surface area (Å²) in [6, 6.07) is 16.8. The molecule has 36 heavy (non-hydrogen) atoms. The smallest absolute Gasteiger partial charge is 0.252 e. The fourth-order valence-corrected chi connectivity index (χ4v) is 4.76. The van der Waals surface area contributed by atoms with Crippen molar-refractivity contribution in [2.24, 2.45) is 0 Å². The van der Waals surface area contributed by atoms with Gasteiger partial charge in [0, 0.05) is 18.8 Å². The molecule has 7 heteroatoms. The van der Waals surface area contributed by atoms with Gasteiger partial charge in [0.25, 0.3) is 5.91 Å². The monoisotopic (exact) mass is 509 g/mol. The van der Waals surface area contributed by atoms with Gasteiger partial charge < -0.3 is 15.0 Å². The Morgan fingerprint density at radius 1 is 0.944 bits per heavy atom. The van der Waals surface area contributed by atoms with Crippen molar-refractivity contribution < 1.29 is 14.3 Å². The van der Waals surface area contributed by atoms with E-state index >= 15 is 0 Å². The first-order valence-corrected chi connectivity index (χ1v) is 13.6. The summed E-state index contributed by atoms with van der Waals surface area (Å²) in [7, 11) is 0. The molecule has 0 aliphatic carbocycles. The fourth-order valence-electron chi connectivity index (χ4n) is 4.36. The van der Waals surface area contributed by atoms with Gasteiger partial charge in [0.1, 0.15) is 11.8 Å². The van der Waals surface area contributed by atoms with Gasteiger partial charge in [-0.1, -0.05) is 69.9 Å². The molecule has 6 nitrogen and oxygen atoms in total. The number of thiocarbonyl (C=S) groups is 1. The van der Waals surface area contributed by atoms with Gasteiger partial charge in [0.15, 0.2) is 5.11 Å². The third-order valence-corrected chi connectivity index (χ3v) is 6.82. The van der Waals surface area contributed by atoms with E-state index in [1.54, 1.807) is 4.90 Å². The molecule has 1 heterocycles. The Bertz CT molecular complexity index is 981. The third kappa shape index (κ3) is 8.05. The van der Waals surface area contributed by atoms with E-state index in [4.69, 9.17) is 17.0 Å². The second kappa shape index (κ2) is 14.6. The summed E-state index contributed by atoms with van der Waals surface area (Å²) >= 11 is 5.75. The molecule has 0 bridgehead atoms. The van der Waals surface area contributed by atoms with Gasteiger partial charge in [0.2, 0.25) is 5.91 Å². The minimum atomic E-state index is -0.563. The van der Waals surface area contributed by atoms with Crippen molar-refractivity contribution in [1.82, 2.24) is 9.80 Å². The quantitative estimate of drug-likeness (QED) is 0.242. The number of hydrogen-bond donors (Lipinski definition) is 1. The lowest BCUT2D eigenvalue weighted by Crippen LogP contribution is -2.38. The van der Waals surface area contributed by atoms with Crippen LogP contribution in [-0.2, 0) is 16.0 Å². The second-order valence-corrected chi connectivity index (χ2v) is 9.62. The van der Waals surface area contributed by atoms with Gasteiger partial charge >= 0.3 is 0 Å². The van der Waals surface area contributed by atoms with E-state index in [-0.39, 0.29) is 18.2 Å². The largest absolute Gasteiger partial charge is 0.494 e. The SMILES string of the molecule is CCCCCCCN1C(=S)N(CCc2ccccc2)C(=O)C1CC(=O)Nc1ccc(OCCC)cc1. The van der Waals surface area contributed by atoms with Gasteiger partial charge in [-0.2, -0.15) is 0 Å². The highest BCUT2D eigenvalue weighted by molar-refractivity contribution is 7.80. The van der Waals surface area contributed by atoms with Crippen LogP contribution in [0, 0.1) is 0 Å². The van der Waals surface area contributed by atoms with Crippen LogP contribution in [0.3, 0.4) is 0 Å². The number of unbranched alkanes of at least 4 members (excludes halogenated alkanes) is 4. The van der Waals surface area contributed by atoms with E-state index in [1.165, 1.54) is 19.3 Å². The molecule has 3 rings (SSSR count). The normalized spacial score (nSPS) is 15.4. The Kier molecular flexibility index (Phi) is 11.2. The number of amides is 2. The van der Waals surface area contributed by atoms with E-state index in [0.717, 1.165) is 37.0 Å². The number of hydrogen-bond acceptors (Lipinski definition) is 4. The molecular formula is C29H39N3O3S. The molecule has 2 amide bonds. The van der Waals surface area contributed by atoms with Crippen molar-refractivity contribution in [1.29, 1.82) is 0 Å². The maximum atomic E-state index is 13.4. The van der Waals surface area contributed by atoms with Gasteiger partial charge in [-0.25, -0.2) is 0 Å². The first-order chi connectivity index (χ1) is 17.5. The molecule has 1 aliphatic rings. The van der Waals surface area contributed by atoms with Crippen molar-refractivity contribution in [3.63, 3.8) is 0 Å². The highest BCUT2D eigenvalue weighted by atomic mass is 32.1. The standard InChI is InChI=1S/C29H39N3O3S/c1-3-5-6-7-11-19-31-26(22-27(33)30-24-14-16-25(17-15-24)35-21-4-2)28(34)32(29(31)36)20-18-23-12-9-8-10-13-23/h8-10,12-17,26H,3-7,11,18-22H2,1-2H3,(H,30,33). The maximum Gasteiger partial charge on any atom is 0.252 e. The average molecular weight is 510 g/mol. The number of rotatable bonds is 15. The summed E-state index contributed by atoms with van der Waals surface area (Å²) < 4.78 is 5.61. The molecular weight excluding hydrogens is 470 g/mol. The molecule has 1 saturated heterocycles. The minimum Gasteiger partial charge on any atom is -0.494 e. The van der Waals surface area contributed by atoms with Crippen LogP contribution in [-0.4, -0.2) is 52.5 Å². The van der Waals surface area contributed by atoms with Crippen LogP contribution in [0.4, 0.5) is 5.69 Å². The summed E-state index contributed by atoms with van der Waals surface area (Å²) in [5, 5.41) is 3.47. The number of carbonyl (C=O) groups excluding carboxylic acids is 2. The molecule has 1 N–H and O–H groups in total. The summed E-state index contributed by atoms with van der Waals surface area (Å²) in [5.41, 5.74) is 1.84. The average Bonchev–Trinajstić information content (AvgIpc) is 3.11. The zero-order valence-corrected chi connectivity index (χ0v) is 22.4. The van der Waals surface area contributed by atoms with Gasteiger partial charge in [0.05, 0.1) is 13.0 Å². The molecule has 0 radical (unpaired) electrons. The summed E-state index contributed by atoms with van der Waals surface area (Å²) in [6.07, 6.45) is 7.35. The zero-order valence-electron chi connectivity index (χ0n) is 21.6.